The van der Waals surface area contributed by atoms with Gasteiger partial charge in [0.05, 0.1) is 0 Å². The van der Waals surface area contributed by atoms with Crippen molar-refractivity contribution in [3.8, 4) is 0 Å². The summed E-state index contributed by atoms with van der Waals surface area (Å²) >= 11 is 0. The third kappa shape index (κ3) is 2.73. The zero-order valence-corrected chi connectivity index (χ0v) is 8.55. The van der Waals surface area contributed by atoms with Crippen LogP contribution in [0.15, 0.2) is 35.5 Å². The van der Waals surface area contributed by atoms with E-state index in [0.29, 0.717) is 0 Å². The van der Waals surface area contributed by atoms with Gasteiger partial charge in [-0.25, -0.2) is 0 Å². The molecule has 2 aliphatic rings. The lowest BCUT2D eigenvalue weighted by Crippen LogP contribution is -1.81. The lowest BCUT2D eigenvalue weighted by Gasteiger charge is -2.00. The summed E-state index contributed by atoms with van der Waals surface area (Å²) in [6.45, 7) is 0. The van der Waals surface area contributed by atoms with Crippen LogP contribution >= 0.6 is 0 Å². The Hall–Kier alpha value is -1.04. The summed E-state index contributed by atoms with van der Waals surface area (Å²) in [7, 11) is 0. The second-order valence-corrected chi connectivity index (χ2v) is 3.82. The summed E-state index contributed by atoms with van der Waals surface area (Å²) in [4.78, 5) is 0. The maximum Gasteiger partial charge on any atom is -0.00885 e. The van der Waals surface area contributed by atoms with Gasteiger partial charge in [0.15, 0.2) is 0 Å². The Morgan fingerprint density at radius 1 is 0.857 bits per heavy atom. The first-order valence-electron chi connectivity index (χ1n) is 5.47. The fourth-order valence-corrected chi connectivity index (χ4v) is 1.87. The van der Waals surface area contributed by atoms with Gasteiger partial charge < -0.3 is 0 Å². The normalized spacial score (nSPS) is 18.9. The molecule has 2 rings (SSSR count). The van der Waals surface area contributed by atoms with Gasteiger partial charge in [-0.2, -0.15) is 0 Å². The predicted molar refractivity (Wildman–Crippen MR) is 59.5 cm³/mol. The molecular formula is C14H16. The van der Waals surface area contributed by atoms with Gasteiger partial charge in [-0.15, -0.1) is 0 Å². The van der Waals surface area contributed by atoms with Crippen molar-refractivity contribution >= 4 is 0 Å². The van der Waals surface area contributed by atoms with Crippen LogP contribution in [0.3, 0.4) is 0 Å². The first-order chi connectivity index (χ1) is 6.95. The van der Waals surface area contributed by atoms with Crippen molar-refractivity contribution in [3.63, 3.8) is 0 Å². The molecule has 0 fully saturated rings. The van der Waals surface area contributed by atoms with E-state index in [0.717, 1.165) is 12.8 Å². The summed E-state index contributed by atoms with van der Waals surface area (Å²) in [6, 6.07) is 0. The van der Waals surface area contributed by atoms with Crippen LogP contribution in [0.4, 0.5) is 0 Å². The second-order valence-electron chi connectivity index (χ2n) is 3.82. The summed E-state index contributed by atoms with van der Waals surface area (Å²) in [5, 5.41) is 0. The van der Waals surface area contributed by atoms with E-state index in [2.05, 4.69) is 36.5 Å². The van der Waals surface area contributed by atoms with E-state index in [1.165, 1.54) is 36.8 Å². The molecule has 0 amide bonds. The molecule has 0 saturated heterocycles. The third-order valence-corrected chi connectivity index (χ3v) is 2.67. The second kappa shape index (κ2) is 4.99. The molecule has 0 nitrogen and oxygen atoms in total. The van der Waals surface area contributed by atoms with Crippen LogP contribution in [-0.4, -0.2) is 0 Å². The number of hydrogen-bond donors (Lipinski definition) is 0. The van der Waals surface area contributed by atoms with Gasteiger partial charge in [0.2, 0.25) is 0 Å². The minimum Gasteiger partial charge on any atom is -0.0798 e. The zero-order valence-electron chi connectivity index (χ0n) is 8.55. The maximum atomic E-state index is 3.35. The van der Waals surface area contributed by atoms with Crippen molar-refractivity contribution in [2.24, 2.45) is 0 Å². The minimum absolute atomic E-state index is 1.02. The van der Waals surface area contributed by atoms with E-state index in [9.17, 15) is 0 Å². The van der Waals surface area contributed by atoms with Crippen molar-refractivity contribution in [1.82, 2.24) is 0 Å². The van der Waals surface area contributed by atoms with Crippen molar-refractivity contribution < 1.29 is 0 Å². The van der Waals surface area contributed by atoms with Crippen molar-refractivity contribution in [1.29, 1.82) is 0 Å². The van der Waals surface area contributed by atoms with Gasteiger partial charge in [-0.1, -0.05) is 24.3 Å². The lowest BCUT2D eigenvalue weighted by atomic mass is 10.1. The highest BCUT2D eigenvalue weighted by Gasteiger charge is 2.00. The Morgan fingerprint density at radius 3 is 1.71 bits per heavy atom. The Labute approximate surface area is 86.7 Å². The first kappa shape index (κ1) is 9.51. The van der Waals surface area contributed by atoms with Crippen molar-refractivity contribution in [2.75, 3.05) is 0 Å². The summed E-state index contributed by atoms with van der Waals surface area (Å²) < 4.78 is 0. The SMILES string of the molecule is [C]1=C(CCCCC2=[C]CC=C2)C=CC1. The average molecular weight is 184 g/mol. The molecule has 72 valence electrons. The van der Waals surface area contributed by atoms with Crippen LogP contribution in [0.25, 0.3) is 0 Å². The summed E-state index contributed by atoms with van der Waals surface area (Å²) in [6.07, 6.45) is 22.5. The standard InChI is InChI=1S/C14H16/c1-2-8-13(7-1)11-5-6-12-14-9-3-4-10-14/h1,3,7,9H,2,4-6,11-12H2. The van der Waals surface area contributed by atoms with Gasteiger partial charge >= 0.3 is 0 Å². The van der Waals surface area contributed by atoms with E-state index >= 15 is 0 Å². The highest BCUT2D eigenvalue weighted by molar-refractivity contribution is 5.23. The average Bonchev–Trinajstić information content (AvgIpc) is 2.86. The lowest BCUT2D eigenvalue weighted by molar-refractivity contribution is 0.737. The Bertz CT molecular complexity index is 268. The predicted octanol–water partition coefficient (Wildman–Crippen LogP) is 3.93. The van der Waals surface area contributed by atoms with Crippen LogP contribution in [0.1, 0.15) is 38.5 Å². The fourth-order valence-electron chi connectivity index (χ4n) is 1.87. The molecule has 0 N–H and O–H groups in total. The van der Waals surface area contributed by atoms with Crippen LogP contribution in [0.5, 0.6) is 0 Å². The third-order valence-electron chi connectivity index (χ3n) is 2.67. The molecule has 0 saturated carbocycles. The topological polar surface area (TPSA) is 0 Å². The molecule has 0 heterocycles. The van der Waals surface area contributed by atoms with Gasteiger partial charge in [0, 0.05) is 0 Å². The molecule has 0 heteroatoms. The molecule has 14 heavy (non-hydrogen) atoms. The molecule has 0 aromatic heterocycles. The Kier molecular flexibility index (Phi) is 3.39. The van der Waals surface area contributed by atoms with Crippen molar-refractivity contribution in [2.45, 2.75) is 38.5 Å². The van der Waals surface area contributed by atoms with Crippen LogP contribution in [0, 0.1) is 12.2 Å². The number of rotatable bonds is 5. The number of unbranched alkanes of at least 4 members (excludes halogenated alkanes) is 1. The molecule has 2 radical (unpaired) electrons. The van der Waals surface area contributed by atoms with Crippen LogP contribution in [0.2, 0.25) is 0 Å². The van der Waals surface area contributed by atoms with Gasteiger partial charge in [0.25, 0.3) is 0 Å². The molecule has 0 aromatic carbocycles. The van der Waals surface area contributed by atoms with E-state index < -0.39 is 0 Å². The van der Waals surface area contributed by atoms with E-state index in [-0.39, 0.29) is 0 Å². The maximum absolute atomic E-state index is 3.35. The number of allylic oxidation sites excluding steroid dienone is 8. The van der Waals surface area contributed by atoms with Crippen LogP contribution < -0.4 is 0 Å². The highest BCUT2D eigenvalue weighted by Crippen LogP contribution is 2.19. The van der Waals surface area contributed by atoms with Gasteiger partial charge in [-0.3, -0.25) is 0 Å². The molecule has 0 unspecified atom stereocenters. The highest BCUT2D eigenvalue weighted by atomic mass is 14.1. The molecule has 0 spiro atoms. The zero-order chi connectivity index (χ0) is 9.64. The smallest absolute Gasteiger partial charge is 0.00885 e. The quantitative estimate of drug-likeness (QED) is 0.568. The van der Waals surface area contributed by atoms with E-state index in [1.807, 2.05) is 0 Å². The Balaban J connectivity index is 1.59. The summed E-state index contributed by atoms with van der Waals surface area (Å²) in [5.41, 5.74) is 2.81. The molecule has 0 atom stereocenters. The largest absolute Gasteiger partial charge is 0.0798 e. The van der Waals surface area contributed by atoms with Crippen LogP contribution in [-0.2, 0) is 0 Å². The molecule has 0 bridgehead atoms. The molecule has 2 aliphatic carbocycles. The molecule has 0 aromatic rings. The number of hydrogen-bond acceptors (Lipinski definition) is 0. The summed E-state index contributed by atoms with van der Waals surface area (Å²) in [5.74, 6) is 0. The minimum atomic E-state index is 1.02. The monoisotopic (exact) mass is 184 g/mol. The van der Waals surface area contributed by atoms with Gasteiger partial charge in [-0.05, 0) is 61.8 Å². The Morgan fingerprint density at radius 2 is 1.36 bits per heavy atom. The molecular weight excluding hydrogens is 168 g/mol. The fraction of sp³-hybridized carbons (Fsp3) is 0.429. The first-order valence-corrected chi connectivity index (χ1v) is 5.47. The van der Waals surface area contributed by atoms with E-state index in [1.54, 1.807) is 0 Å². The van der Waals surface area contributed by atoms with Gasteiger partial charge in [0.1, 0.15) is 0 Å². The molecule has 0 aliphatic heterocycles. The van der Waals surface area contributed by atoms with Crippen molar-refractivity contribution in [3.05, 3.63) is 47.6 Å². The van der Waals surface area contributed by atoms with E-state index in [4.69, 9.17) is 0 Å².